The molecule has 0 aromatic heterocycles. The lowest BCUT2D eigenvalue weighted by atomic mass is 9.84. The van der Waals surface area contributed by atoms with E-state index in [1.165, 1.54) is 0 Å². The van der Waals surface area contributed by atoms with Crippen molar-refractivity contribution in [1.29, 1.82) is 0 Å². The zero-order chi connectivity index (χ0) is 13.3. The first-order chi connectivity index (χ1) is 8.45. The Morgan fingerprint density at radius 2 is 1.78 bits per heavy atom. The van der Waals surface area contributed by atoms with E-state index in [0.29, 0.717) is 18.4 Å². The molecule has 2 aliphatic heterocycles. The minimum Gasteiger partial charge on any atom is -0.384 e. The molecule has 2 heterocycles. The van der Waals surface area contributed by atoms with E-state index in [2.05, 4.69) is 13.8 Å². The van der Waals surface area contributed by atoms with Gasteiger partial charge in [0.05, 0.1) is 12.4 Å². The Morgan fingerprint density at radius 3 is 2.22 bits per heavy atom. The molecule has 2 rings (SSSR count). The SMILES string of the molecule is COCCS(=O)(=O)N1C2CCC1CC(C(C)C)C2. The van der Waals surface area contributed by atoms with Gasteiger partial charge in [-0.25, -0.2) is 8.42 Å². The number of rotatable bonds is 5. The van der Waals surface area contributed by atoms with Crippen molar-refractivity contribution in [3.05, 3.63) is 0 Å². The highest BCUT2D eigenvalue weighted by Crippen LogP contribution is 2.42. The molecule has 2 bridgehead atoms. The third-order valence-electron chi connectivity index (χ3n) is 4.51. The monoisotopic (exact) mass is 275 g/mol. The molecule has 0 saturated carbocycles. The standard InChI is InChI=1S/C13H25NO3S/c1-10(2)11-8-12-4-5-13(9-11)14(12)18(15,16)7-6-17-3/h10-13H,4-9H2,1-3H3. The molecule has 2 atom stereocenters. The molecular weight excluding hydrogens is 250 g/mol. The molecule has 4 nitrogen and oxygen atoms in total. The van der Waals surface area contributed by atoms with Gasteiger partial charge in [-0.3, -0.25) is 0 Å². The highest BCUT2D eigenvalue weighted by atomic mass is 32.2. The van der Waals surface area contributed by atoms with Crippen LogP contribution in [0.1, 0.15) is 39.5 Å². The van der Waals surface area contributed by atoms with Crippen LogP contribution in [0.15, 0.2) is 0 Å². The van der Waals surface area contributed by atoms with E-state index in [0.717, 1.165) is 25.7 Å². The van der Waals surface area contributed by atoms with Crippen molar-refractivity contribution in [3.63, 3.8) is 0 Å². The van der Waals surface area contributed by atoms with Crippen molar-refractivity contribution in [2.45, 2.75) is 51.6 Å². The number of fused-ring (bicyclic) bond motifs is 2. The quantitative estimate of drug-likeness (QED) is 0.769. The molecule has 0 aromatic carbocycles. The van der Waals surface area contributed by atoms with Crippen LogP contribution < -0.4 is 0 Å². The van der Waals surface area contributed by atoms with Crippen LogP contribution in [0.5, 0.6) is 0 Å². The minimum atomic E-state index is -3.12. The van der Waals surface area contributed by atoms with Crippen molar-refractivity contribution in [1.82, 2.24) is 4.31 Å². The molecule has 2 unspecified atom stereocenters. The van der Waals surface area contributed by atoms with E-state index in [-0.39, 0.29) is 17.8 Å². The summed E-state index contributed by atoms with van der Waals surface area (Å²) < 4.78 is 31.4. The molecule has 106 valence electrons. The highest BCUT2D eigenvalue weighted by molar-refractivity contribution is 7.89. The molecule has 18 heavy (non-hydrogen) atoms. The van der Waals surface area contributed by atoms with E-state index in [1.807, 2.05) is 4.31 Å². The maximum Gasteiger partial charge on any atom is 0.216 e. The number of hydrogen-bond acceptors (Lipinski definition) is 3. The van der Waals surface area contributed by atoms with E-state index in [4.69, 9.17) is 4.74 Å². The molecule has 0 spiro atoms. The first-order valence-electron chi connectivity index (χ1n) is 6.96. The molecule has 0 radical (unpaired) electrons. The Morgan fingerprint density at radius 1 is 1.22 bits per heavy atom. The Kier molecular flexibility index (Phi) is 4.34. The normalized spacial score (nSPS) is 33.2. The lowest BCUT2D eigenvalue weighted by Crippen LogP contribution is -2.48. The number of hydrogen-bond donors (Lipinski definition) is 0. The molecule has 0 aromatic rings. The van der Waals surface area contributed by atoms with Gasteiger partial charge in [0.25, 0.3) is 0 Å². The van der Waals surface area contributed by atoms with Crippen LogP contribution in [0.2, 0.25) is 0 Å². The minimum absolute atomic E-state index is 0.128. The molecule has 5 heteroatoms. The van der Waals surface area contributed by atoms with Crippen LogP contribution >= 0.6 is 0 Å². The summed E-state index contributed by atoms with van der Waals surface area (Å²) in [6, 6.07) is 0.496. The summed E-state index contributed by atoms with van der Waals surface area (Å²) in [5, 5.41) is 0. The van der Waals surface area contributed by atoms with Crippen LogP contribution in [0.3, 0.4) is 0 Å². The zero-order valence-electron chi connectivity index (χ0n) is 11.6. The summed E-state index contributed by atoms with van der Waals surface area (Å²) >= 11 is 0. The summed E-state index contributed by atoms with van der Waals surface area (Å²) in [4.78, 5) is 0. The third-order valence-corrected chi connectivity index (χ3v) is 6.43. The maximum absolute atomic E-state index is 12.3. The summed E-state index contributed by atoms with van der Waals surface area (Å²) in [5.41, 5.74) is 0. The average molecular weight is 275 g/mol. The lowest BCUT2D eigenvalue weighted by molar-refractivity contribution is 0.156. The molecule has 2 fully saturated rings. The second-order valence-electron chi connectivity index (χ2n) is 6.00. The van der Waals surface area contributed by atoms with Gasteiger partial charge < -0.3 is 4.74 Å². The fourth-order valence-corrected chi connectivity index (χ4v) is 5.35. The first kappa shape index (κ1) is 14.3. The van der Waals surface area contributed by atoms with Gasteiger partial charge in [0.2, 0.25) is 10.0 Å². The summed E-state index contributed by atoms with van der Waals surface area (Å²) in [6.45, 7) is 4.80. The number of methoxy groups -OCH3 is 1. The zero-order valence-corrected chi connectivity index (χ0v) is 12.4. The van der Waals surface area contributed by atoms with Crippen LogP contribution in [0, 0.1) is 11.8 Å². The highest BCUT2D eigenvalue weighted by Gasteiger charge is 2.46. The summed E-state index contributed by atoms with van der Waals surface area (Å²) in [6.07, 6.45) is 4.17. The van der Waals surface area contributed by atoms with Gasteiger partial charge in [-0.1, -0.05) is 13.8 Å². The topological polar surface area (TPSA) is 46.6 Å². The molecule has 0 amide bonds. The van der Waals surface area contributed by atoms with Gasteiger partial charge in [-0.15, -0.1) is 0 Å². The second-order valence-corrected chi connectivity index (χ2v) is 7.99. The van der Waals surface area contributed by atoms with Crippen molar-refractivity contribution in [3.8, 4) is 0 Å². The van der Waals surface area contributed by atoms with Crippen molar-refractivity contribution in [2.75, 3.05) is 19.5 Å². The van der Waals surface area contributed by atoms with Gasteiger partial charge >= 0.3 is 0 Å². The van der Waals surface area contributed by atoms with E-state index >= 15 is 0 Å². The van der Waals surface area contributed by atoms with Gasteiger partial charge in [-0.05, 0) is 37.5 Å². The average Bonchev–Trinajstić information content (AvgIpc) is 2.59. The second kappa shape index (κ2) is 5.47. The van der Waals surface area contributed by atoms with Crippen LogP contribution in [0.4, 0.5) is 0 Å². The van der Waals surface area contributed by atoms with E-state index in [9.17, 15) is 8.42 Å². The van der Waals surface area contributed by atoms with Crippen LogP contribution in [0.25, 0.3) is 0 Å². The Bertz CT molecular complexity index is 366. The predicted molar refractivity (Wildman–Crippen MR) is 71.9 cm³/mol. The lowest BCUT2D eigenvalue weighted by Gasteiger charge is -2.39. The third kappa shape index (κ3) is 2.73. The molecule has 0 aliphatic carbocycles. The molecule has 2 aliphatic rings. The fourth-order valence-electron chi connectivity index (χ4n) is 3.47. The number of ether oxygens (including phenoxy) is 1. The van der Waals surface area contributed by atoms with Crippen LogP contribution in [-0.2, 0) is 14.8 Å². The Balaban J connectivity index is 2.09. The number of piperidine rings is 1. The summed E-state index contributed by atoms with van der Waals surface area (Å²) in [7, 11) is -1.57. The van der Waals surface area contributed by atoms with Gasteiger partial charge in [0.15, 0.2) is 0 Å². The first-order valence-corrected chi connectivity index (χ1v) is 8.56. The Labute approximate surface area is 111 Å². The van der Waals surface area contributed by atoms with Gasteiger partial charge in [0.1, 0.15) is 0 Å². The van der Waals surface area contributed by atoms with E-state index < -0.39 is 10.0 Å². The molecule has 2 saturated heterocycles. The van der Waals surface area contributed by atoms with Crippen molar-refractivity contribution >= 4 is 10.0 Å². The van der Waals surface area contributed by atoms with Gasteiger partial charge in [0, 0.05) is 19.2 Å². The number of sulfonamides is 1. The maximum atomic E-state index is 12.3. The smallest absolute Gasteiger partial charge is 0.216 e. The van der Waals surface area contributed by atoms with Crippen molar-refractivity contribution in [2.24, 2.45) is 11.8 Å². The summed E-state index contributed by atoms with van der Waals surface area (Å²) in [5.74, 6) is 1.48. The Hall–Kier alpha value is -0.130. The van der Waals surface area contributed by atoms with Crippen LogP contribution in [-0.4, -0.2) is 44.3 Å². The van der Waals surface area contributed by atoms with Crippen molar-refractivity contribution < 1.29 is 13.2 Å². The molecular formula is C13H25NO3S. The fraction of sp³-hybridized carbons (Fsp3) is 1.00. The number of nitrogens with zero attached hydrogens (tertiary/aromatic N) is 1. The largest absolute Gasteiger partial charge is 0.384 e. The van der Waals surface area contributed by atoms with Gasteiger partial charge in [-0.2, -0.15) is 4.31 Å². The van der Waals surface area contributed by atoms with E-state index in [1.54, 1.807) is 7.11 Å². The predicted octanol–water partition coefficient (Wildman–Crippen LogP) is 1.86. The molecule has 0 N–H and O–H groups in total.